The van der Waals surface area contributed by atoms with Gasteiger partial charge in [-0.1, -0.05) is 38.3 Å². The topological polar surface area (TPSA) is 68.3 Å². The predicted molar refractivity (Wildman–Crippen MR) is 104 cm³/mol. The Labute approximate surface area is 158 Å². The van der Waals surface area contributed by atoms with Crippen LogP contribution in [0, 0.1) is 5.92 Å². The van der Waals surface area contributed by atoms with Gasteiger partial charge in [0.25, 0.3) is 0 Å². The van der Waals surface area contributed by atoms with Crippen LogP contribution in [0.25, 0.3) is 10.2 Å². The van der Waals surface area contributed by atoms with Gasteiger partial charge in [-0.05, 0) is 31.4 Å². The summed E-state index contributed by atoms with van der Waals surface area (Å²) in [5.74, 6) is -0.146. The largest absolute Gasteiger partial charge is 0.381 e. The molecule has 2 heterocycles. The molecule has 0 spiro atoms. The van der Waals surface area contributed by atoms with E-state index in [1.807, 2.05) is 24.3 Å². The molecule has 1 aliphatic heterocycles. The molecule has 0 saturated carbocycles. The summed E-state index contributed by atoms with van der Waals surface area (Å²) in [7, 11) is 0. The fraction of sp³-hybridized carbons (Fsp3) is 0.550. The molecule has 6 heteroatoms. The number of nitrogens with one attached hydrogen (secondary N) is 1. The summed E-state index contributed by atoms with van der Waals surface area (Å²) in [6, 6.07) is 7.26. The van der Waals surface area contributed by atoms with Crippen LogP contribution in [-0.4, -0.2) is 35.9 Å². The maximum atomic E-state index is 13.0. The lowest BCUT2D eigenvalue weighted by atomic mass is 9.97. The smallest absolute Gasteiger partial charge is 0.223 e. The van der Waals surface area contributed by atoms with Crippen LogP contribution < -0.4 is 5.32 Å². The molecule has 1 N–H and O–H groups in total. The Morgan fingerprint density at radius 1 is 1.27 bits per heavy atom. The van der Waals surface area contributed by atoms with Crippen molar-refractivity contribution in [1.82, 2.24) is 10.3 Å². The molecular weight excluding hydrogens is 348 g/mol. The van der Waals surface area contributed by atoms with Gasteiger partial charge in [0.2, 0.25) is 11.7 Å². The van der Waals surface area contributed by atoms with Gasteiger partial charge >= 0.3 is 0 Å². The minimum absolute atomic E-state index is 0.0238. The molecule has 1 amide bonds. The molecule has 1 unspecified atom stereocenters. The molecular formula is C20H26N2O3S. The van der Waals surface area contributed by atoms with Crippen LogP contribution >= 0.6 is 11.3 Å². The van der Waals surface area contributed by atoms with Crippen molar-refractivity contribution in [3.8, 4) is 0 Å². The molecule has 1 aromatic heterocycles. The Bertz CT molecular complexity index is 719. The summed E-state index contributed by atoms with van der Waals surface area (Å²) in [4.78, 5) is 30.1. The molecule has 140 valence electrons. The lowest BCUT2D eigenvalue weighted by molar-refractivity contribution is -0.128. The number of unbranched alkanes of at least 4 members (excludes halogenated alkanes) is 2. The number of ether oxygens (including phenoxy) is 1. The third-order valence-electron chi connectivity index (χ3n) is 4.83. The number of para-hydroxylation sites is 1. The van der Waals surface area contributed by atoms with Gasteiger partial charge in [0.05, 0.1) is 16.3 Å². The number of Topliss-reactive ketones (excluding diaryl/α,β-unsaturated/α-hetero) is 1. The molecule has 0 radical (unpaired) electrons. The highest BCUT2D eigenvalue weighted by Gasteiger charge is 2.28. The zero-order valence-electron chi connectivity index (χ0n) is 15.2. The molecule has 1 aromatic carbocycles. The summed E-state index contributed by atoms with van der Waals surface area (Å²) in [5.41, 5.74) is 0.837. The standard InChI is InChI=1S/C20H26N2O3S/c1-2-3-4-8-16(21-19(24)14-10-12-25-13-11-14)18(23)20-22-15-7-5-6-9-17(15)26-20/h5-7,9,14,16H,2-4,8,10-13H2,1H3,(H,21,24). The molecule has 0 bridgehead atoms. The molecule has 1 aliphatic rings. The maximum absolute atomic E-state index is 13.0. The Morgan fingerprint density at radius 2 is 2.04 bits per heavy atom. The number of amides is 1. The van der Waals surface area contributed by atoms with Gasteiger partial charge in [-0.2, -0.15) is 0 Å². The highest BCUT2D eigenvalue weighted by molar-refractivity contribution is 7.20. The third-order valence-corrected chi connectivity index (χ3v) is 5.88. The maximum Gasteiger partial charge on any atom is 0.223 e. The predicted octanol–water partition coefficient (Wildman–Crippen LogP) is 3.97. The van der Waals surface area contributed by atoms with E-state index in [9.17, 15) is 9.59 Å². The van der Waals surface area contributed by atoms with Crippen molar-refractivity contribution < 1.29 is 14.3 Å². The van der Waals surface area contributed by atoms with E-state index in [2.05, 4.69) is 17.2 Å². The number of aromatic nitrogens is 1. The van der Waals surface area contributed by atoms with E-state index >= 15 is 0 Å². The van der Waals surface area contributed by atoms with Crippen LogP contribution in [0.2, 0.25) is 0 Å². The molecule has 3 rings (SSSR count). The molecule has 5 nitrogen and oxygen atoms in total. The van der Waals surface area contributed by atoms with Gasteiger partial charge in [-0.3, -0.25) is 9.59 Å². The van der Waals surface area contributed by atoms with Crippen molar-refractivity contribution in [2.75, 3.05) is 13.2 Å². The van der Waals surface area contributed by atoms with Gasteiger partial charge in [-0.25, -0.2) is 4.98 Å². The van der Waals surface area contributed by atoms with E-state index < -0.39 is 6.04 Å². The first-order valence-electron chi connectivity index (χ1n) is 9.47. The van der Waals surface area contributed by atoms with Gasteiger partial charge in [0, 0.05) is 19.1 Å². The summed E-state index contributed by atoms with van der Waals surface area (Å²) in [6.07, 6.45) is 5.17. The molecule has 1 atom stereocenters. The summed E-state index contributed by atoms with van der Waals surface area (Å²) < 4.78 is 6.33. The first-order valence-corrected chi connectivity index (χ1v) is 10.3. The number of rotatable bonds is 8. The van der Waals surface area contributed by atoms with Crippen molar-refractivity contribution in [3.63, 3.8) is 0 Å². The Balaban J connectivity index is 1.73. The average molecular weight is 375 g/mol. The number of benzene rings is 1. The zero-order chi connectivity index (χ0) is 18.4. The lowest BCUT2D eigenvalue weighted by Gasteiger charge is -2.24. The number of hydrogen-bond acceptors (Lipinski definition) is 5. The minimum Gasteiger partial charge on any atom is -0.381 e. The quantitative estimate of drug-likeness (QED) is 0.561. The minimum atomic E-state index is -0.488. The molecule has 0 aliphatic carbocycles. The Kier molecular flexibility index (Phi) is 6.74. The normalized spacial score (nSPS) is 16.5. The summed E-state index contributed by atoms with van der Waals surface area (Å²) in [6.45, 7) is 3.36. The first-order chi connectivity index (χ1) is 12.7. The molecule has 26 heavy (non-hydrogen) atoms. The van der Waals surface area contributed by atoms with Crippen molar-refractivity contribution >= 4 is 33.2 Å². The third kappa shape index (κ3) is 4.68. The van der Waals surface area contributed by atoms with Crippen LogP contribution in [0.3, 0.4) is 0 Å². The Hall–Kier alpha value is -1.79. The van der Waals surface area contributed by atoms with E-state index in [0.717, 1.165) is 42.3 Å². The lowest BCUT2D eigenvalue weighted by Crippen LogP contribution is -2.44. The van der Waals surface area contributed by atoms with Crippen LogP contribution in [-0.2, 0) is 9.53 Å². The number of ketones is 1. The van der Waals surface area contributed by atoms with Crippen molar-refractivity contribution in [2.24, 2.45) is 5.92 Å². The van der Waals surface area contributed by atoms with Crippen molar-refractivity contribution in [2.45, 2.75) is 51.5 Å². The van der Waals surface area contributed by atoms with E-state index in [1.54, 1.807) is 0 Å². The first kappa shape index (κ1) is 19.0. The fourth-order valence-electron chi connectivity index (χ4n) is 3.24. The van der Waals surface area contributed by atoms with E-state index in [4.69, 9.17) is 4.74 Å². The molecule has 1 saturated heterocycles. The zero-order valence-corrected chi connectivity index (χ0v) is 16.0. The SMILES string of the molecule is CCCCCC(NC(=O)C1CCOCC1)C(=O)c1nc2ccccc2s1. The summed E-state index contributed by atoms with van der Waals surface area (Å²) >= 11 is 1.40. The second-order valence-electron chi connectivity index (χ2n) is 6.79. The number of carbonyl (C=O) groups excluding carboxylic acids is 2. The second-order valence-corrected chi connectivity index (χ2v) is 7.83. The molecule has 2 aromatic rings. The number of hydrogen-bond donors (Lipinski definition) is 1. The number of carbonyl (C=O) groups is 2. The number of nitrogens with zero attached hydrogens (tertiary/aromatic N) is 1. The highest BCUT2D eigenvalue weighted by atomic mass is 32.1. The van der Waals surface area contributed by atoms with Crippen LogP contribution in [0.5, 0.6) is 0 Å². The van der Waals surface area contributed by atoms with Crippen molar-refractivity contribution in [1.29, 1.82) is 0 Å². The average Bonchev–Trinajstić information content (AvgIpc) is 3.11. The second kappa shape index (κ2) is 9.24. The fourth-order valence-corrected chi connectivity index (χ4v) is 4.20. The van der Waals surface area contributed by atoms with E-state index in [0.29, 0.717) is 24.6 Å². The number of thiazole rings is 1. The summed E-state index contributed by atoms with van der Waals surface area (Å²) in [5, 5.41) is 3.50. The van der Waals surface area contributed by atoms with Gasteiger partial charge in [0.15, 0.2) is 5.01 Å². The van der Waals surface area contributed by atoms with Crippen molar-refractivity contribution in [3.05, 3.63) is 29.3 Å². The number of fused-ring (bicyclic) bond motifs is 1. The molecule has 1 fully saturated rings. The highest BCUT2D eigenvalue weighted by Crippen LogP contribution is 2.24. The Morgan fingerprint density at radius 3 is 2.77 bits per heavy atom. The monoisotopic (exact) mass is 374 g/mol. The van der Waals surface area contributed by atoms with Gasteiger partial charge in [0.1, 0.15) is 0 Å². The van der Waals surface area contributed by atoms with Gasteiger partial charge in [-0.15, -0.1) is 11.3 Å². The van der Waals surface area contributed by atoms with Crippen LogP contribution in [0.1, 0.15) is 55.3 Å². The van der Waals surface area contributed by atoms with E-state index in [-0.39, 0.29) is 17.6 Å². The van der Waals surface area contributed by atoms with E-state index in [1.165, 1.54) is 11.3 Å². The van der Waals surface area contributed by atoms with Crippen LogP contribution in [0.4, 0.5) is 0 Å². The van der Waals surface area contributed by atoms with Gasteiger partial charge < -0.3 is 10.1 Å². The van der Waals surface area contributed by atoms with Crippen LogP contribution in [0.15, 0.2) is 24.3 Å².